The van der Waals surface area contributed by atoms with Crippen LogP contribution in [0.4, 0.5) is 0 Å². The van der Waals surface area contributed by atoms with Crippen LogP contribution < -0.4 is 0 Å². The number of hydrogen-bond acceptors (Lipinski definition) is 6. The average molecular weight is 368 g/mol. The van der Waals surface area contributed by atoms with Gasteiger partial charge in [0.15, 0.2) is 0 Å². The van der Waals surface area contributed by atoms with Crippen LogP contribution in [0, 0.1) is 5.16 Å². The lowest BCUT2D eigenvalue weighted by molar-refractivity contribution is 0.0487. The summed E-state index contributed by atoms with van der Waals surface area (Å²) in [6.45, 7) is 16.7. The van der Waals surface area contributed by atoms with Gasteiger partial charge in [0.1, 0.15) is 5.16 Å². The zero-order valence-electron chi connectivity index (χ0n) is 15.9. The van der Waals surface area contributed by atoms with Crippen molar-refractivity contribution in [3.8, 4) is 0 Å². The van der Waals surface area contributed by atoms with Crippen molar-refractivity contribution in [3.63, 3.8) is 0 Å². The fraction of sp³-hybridized carbons (Fsp3) is 0.933. The molecule has 0 amide bonds. The Kier molecular flexibility index (Phi) is 12.6. The molecule has 0 saturated heterocycles. The summed E-state index contributed by atoms with van der Waals surface area (Å²) in [7, 11) is -6.14. The maximum atomic E-state index is 6.06. The van der Waals surface area contributed by atoms with Crippen LogP contribution in [0.3, 0.4) is 0 Å². The molecular weight excluding hydrogens is 332 g/mol. The molecule has 6 nitrogen and oxygen atoms in total. The van der Waals surface area contributed by atoms with Gasteiger partial charge in [0, 0.05) is 39.6 Å². The van der Waals surface area contributed by atoms with Crippen molar-refractivity contribution < 1.29 is 26.6 Å². The molecule has 1 radical (unpaired) electrons. The molecule has 0 atom stereocenters. The third-order valence-electron chi connectivity index (χ3n) is 3.10. The predicted molar refractivity (Wildman–Crippen MR) is 94.8 cm³/mol. The molecule has 0 aliphatic rings. The van der Waals surface area contributed by atoms with Gasteiger partial charge in [0.25, 0.3) is 0 Å². The lowest BCUT2D eigenvalue weighted by Gasteiger charge is -2.41. The highest BCUT2D eigenvalue weighted by molar-refractivity contribution is 6.89. The van der Waals surface area contributed by atoms with E-state index in [0.29, 0.717) is 46.1 Å². The Morgan fingerprint density at radius 3 is 0.826 bits per heavy atom. The fourth-order valence-electron chi connectivity index (χ4n) is 2.53. The second-order valence-electron chi connectivity index (χ2n) is 4.54. The standard InChI is InChI=1S/C15H35O6Si2/c1-8-15(22(16-9-2,17-10-3)18-11-4)23(19-12-5,20-13-6)21-14-7/h8-14H2,1-7H3. The van der Waals surface area contributed by atoms with Gasteiger partial charge in [0.05, 0.1) is 0 Å². The zero-order valence-corrected chi connectivity index (χ0v) is 17.9. The Morgan fingerprint density at radius 2 is 0.696 bits per heavy atom. The molecule has 8 heteroatoms. The molecule has 0 aromatic rings. The van der Waals surface area contributed by atoms with E-state index in [1.165, 1.54) is 0 Å². The first-order valence-electron chi connectivity index (χ1n) is 8.76. The number of rotatable bonds is 15. The first-order chi connectivity index (χ1) is 11.1. The van der Waals surface area contributed by atoms with Gasteiger partial charge in [-0.1, -0.05) is 6.92 Å². The molecule has 0 rings (SSSR count). The molecule has 0 unspecified atom stereocenters. The molecule has 0 N–H and O–H groups in total. The molecule has 0 aromatic heterocycles. The number of hydrogen-bond donors (Lipinski definition) is 0. The molecule has 0 spiro atoms. The van der Waals surface area contributed by atoms with E-state index in [9.17, 15) is 0 Å². The Bertz CT molecular complexity index is 233. The molecular formula is C15H35O6Si2. The van der Waals surface area contributed by atoms with Crippen LogP contribution in [0.2, 0.25) is 0 Å². The SMILES string of the molecule is CCO[Si](OCC)(OCC)[C](CC)[Si](OCC)(OCC)OCC. The lowest BCUT2D eigenvalue weighted by atomic mass is 10.6. The normalized spacial score (nSPS) is 13.0. The minimum atomic E-state index is -3.07. The van der Waals surface area contributed by atoms with Crippen molar-refractivity contribution >= 4 is 17.6 Å². The van der Waals surface area contributed by atoms with Gasteiger partial charge in [-0.2, -0.15) is 0 Å². The second kappa shape index (κ2) is 12.5. The van der Waals surface area contributed by atoms with Crippen molar-refractivity contribution in [2.45, 2.75) is 54.9 Å². The molecule has 0 aliphatic carbocycles. The topological polar surface area (TPSA) is 55.4 Å². The summed E-state index contributed by atoms with van der Waals surface area (Å²) in [4.78, 5) is 0. The van der Waals surface area contributed by atoms with E-state index in [4.69, 9.17) is 26.6 Å². The summed E-state index contributed by atoms with van der Waals surface area (Å²) in [5.41, 5.74) is 0. The minimum absolute atomic E-state index is 0.505. The van der Waals surface area contributed by atoms with E-state index >= 15 is 0 Å². The van der Waals surface area contributed by atoms with Crippen LogP contribution in [0.5, 0.6) is 0 Å². The van der Waals surface area contributed by atoms with E-state index in [-0.39, 0.29) is 0 Å². The molecule has 0 bridgehead atoms. The van der Waals surface area contributed by atoms with Gasteiger partial charge in [-0.05, 0) is 48.0 Å². The van der Waals surface area contributed by atoms with Crippen LogP contribution in [0.25, 0.3) is 0 Å². The molecule has 0 aromatic carbocycles. The molecule has 0 aliphatic heterocycles. The Hall–Kier alpha value is 0.194. The maximum Gasteiger partial charge on any atom is 0.512 e. The lowest BCUT2D eigenvalue weighted by Crippen LogP contribution is -2.66. The van der Waals surface area contributed by atoms with E-state index in [1.54, 1.807) is 0 Å². The van der Waals surface area contributed by atoms with Crippen LogP contribution in [0.15, 0.2) is 0 Å². The zero-order chi connectivity index (χ0) is 17.8. The Balaban J connectivity index is 5.91. The molecule has 0 fully saturated rings. The van der Waals surface area contributed by atoms with Crippen molar-refractivity contribution in [1.29, 1.82) is 0 Å². The summed E-state index contributed by atoms with van der Waals surface area (Å²) < 4.78 is 36.4. The third-order valence-corrected chi connectivity index (χ3v) is 11.1. The summed E-state index contributed by atoms with van der Waals surface area (Å²) >= 11 is 0. The summed E-state index contributed by atoms with van der Waals surface area (Å²) in [5, 5.41) is 0.918. The van der Waals surface area contributed by atoms with Gasteiger partial charge < -0.3 is 26.6 Å². The van der Waals surface area contributed by atoms with Crippen LogP contribution in [-0.2, 0) is 26.6 Å². The summed E-state index contributed by atoms with van der Waals surface area (Å²) in [6.07, 6.45) is 0.679. The Labute approximate surface area is 144 Å². The van der Waals surface area contributed by atoms with E-state index in [2.05, 4.69) is 0 Å². The first kappa shape index (κ1) is 23.2. The van der Waals surface area contributed by atoms with Gasteiger partial charge in [-0.15, -0.1) is 0 Å². The monoisotopic (exact) mass is 367 g/mol. The molecule has 139 valence electrons. The minimum Gasteiger partial charge on any atom is -0.373 e. The smallest absolute Gasteiger partial charge is 0.373 e. The highest BCUT2D eigenvalue weighted by atomic mass is 28.5. The van der Waals surface area contributed by atoms with Gasteiger partial charge in [-0.25, -0.2) is 0 Å². The quantitative estimate of drug-likeness (QED) is 0.415. The van der Waals surface area contributed by atoms with Gasteiger partial charge >= 0.3 is 17.6 Å². The fourth-order valence-corrected chi connectivity index (χ4v) is 10.0. The predicted octanol–water partition coefficient (Wildman–Crippen LogP) is 3.15. The van der Waals surface area contributed by atoms with Crippen molar-refractivity contribution in [2.75, 3.05) is 39.6 Å². The van der Waals surface area contributed by atoms with Crippen molar-refractivity contribution in [2.24, 2.45) is 0 Å². The van der Waals surface area contributed by atoms with Crippen LogP contribution >= 0.6 is 0 Å². The summed E-state index contributed by atoms with van der Waals surface area (Å²) in [5.74, 6) is 0. The highest BCUT2D eigenvalue weighted by Crippen LogP contribution is 2.36. The van der Waals surface area contributed by atoms with Crippen LogP contribution in [-0.4, -0.2) is 57.3 Å². The maximum absolute atomic E-state index is 6.06. The molecule has 23 heavy (non-hydrogen) atoms. The molecule has 0 saturated carbocycles. The van der Waals surface area contributed by atoms with Crippen LogP contribution in [0.1, 0.15) is 54.9 Å². The molecule has 0 heterocycles. The van der Waals surface area contributed by atoms with Crippen molar-refractivity contribution in [1.82, 2.24) is 0 Å². The van der Waals surface area contributed by atoms with E-state index in [0.717, 1.165) is 5.16 Å². The summed E-state index contributed by atoms with van der Waals surface area (Å²) in [6, 6.07) is 0. The first-order valence-corrected chi connectivity index (χ1v) is 12.2. The van der Waals surface area contributed by atoms with Gasteiger partial charge in [0.2, 0.25) is 0 Å². The second-order valence-corrected chi connectivity index (χ2v) is 10.2. The van der Waals surface area contributed by atoms with Gasteiger partial charge in [-0.3, -0.25) is 0 Å². The van der Waals surface area contributed by atoms with Crippen molar-refractivity contribution in [3.05, 3.63) is 5.16 Å². The van der Waals surface area contributed by atoms with E-state index in [1.807, 2.05) is 48.5 Å². The largest absolute Gasteiger partial charge is 0.512 e. The highest BCUT2D eigenvalue weighted by Gasteiger charge is 2.65. The Morgan fingerprint density at radius 1 is 0.478 bits per heavy atom. The average Bonchev–Trinajstić information content (AvgIpc) is 2.49. The van der Waals surface area contributed by atoms with E-state index < -0.39 is 17.6 Å². The third kappa shape index (κ3) is 6.20.